The van der Waals surface area contributed by atoms with Gasteiger partial charge in [0.15, 0.2) is 5.13 Å². The molecule has 0 saturated heterocycles. The Labute approximate surface area is 108 Å². The maximum absolute atomic E-state index is 11.5. The van der Waals surface area contributed by atoms with Crippen LogP contribution in [0.3, 0.4) is 0 Å². The molecule has 0 fully saturated rings. The molecular weight excluding hydrogens is 254 g/mol. The van der Waals surface area contributed by atoms with Gasteiger partial charge in [-0.3, -0.25) is 4.79 Å². The number of rotatable bonds is 4. The summed E-state index contributed by atoms with van der Waals surface area (Å²) in [7, 11) is 1.64. The molecule has 0 aromatic carbocycles. The molecule has 17 heavy (non-hydrogen) atoms. The predicted molar refractivity (Wildman–Crippen MR) is 74.4 cm³/mol. The van der Waals surface area contributed by atoms with E-state index in [-0.39, 0.29) is 5.91 Å². The molecule has 0 aliphatic heterocycles. The number of hydrogen-bond donors (Lipinski definition) is 1. The molecule has 0 bridgehead atoms. The lowest BCUT2D eigenvalue weighted by Crippen LogP contribution is -2.21. The summed E-state index contributed by atoms with van der Waals surface area (Å²) in [5.74, 6) is -0.0374. The number of thiophene rings is 1. The number of nitrogens with zero attached hydrogens (tertiary/aromatic N) is 2. The molecule has 2 aromatic rings. The van der Waals surface area contributed by atoms with E-state index in [0.717, 1.165) is 32.6 Å². The number of thiazole rings is 1. The molecule has 0 aliphatic carbocycles. The average Bonchev–Trinajstić information content (AvgIpc) is 2.87. The predicted octanol–water partition coefficient (Wildman–Crippen LogP) is 2.56. The Balaban J connectivity index is 2.34. The van der Waals surface area contributed by atoms with E-state index in [0.29, 0.717) is 0 Å². The van der Waals surface area contributed by atoms with E-state index in [4.69, 9.17) is 0 Å². The number of hydrogen-bond acceptors (Lipinski definition) is 5. The second-order valence-electron chi connectivity index (χ2n) is 3.53. The summed E-state index contributed by atoms with van der Waals surface area (Å²) < 4.78 is 1.09. The third-order valence-electron chi connectivity index (χ3n) is 2.56. The molecule has 0 atom stereocenters. The molecule has 6 heteroatoms. The highest BCUT2D eigenvalue weighted by atomic mass is 32.1. The molecule has 92 valence electrons. The molecule has 1 N–H and O–H groups in total. The average molecular weight is 269 g/mol. The van der Waals surface area contributed by atoms with Crippen molar-refractivity contribution in [1.82, 2.24) is 10.3 Å². The van der Waals surface area contributed by atoms with Crippen molar-refractivity contribution in [1.29, 1.82) is 0 Å². The molecule has 2 rings (SSSR count). The fourth-order valence-electron chi connectivity index (χ4n) is 1.59. The van der Waals surface area contributed by atoms with Gasteiger partial charge in [0.2, 0.25) is 0 Å². The molecule has 1 amide bonds. The largest absolute Gasteiger partial charge is 0.354 e. The Kier molecular flexibility index (Phi) is 3.63. The van der Waals surface area contributed by atoms with Gasteiger partial charge in [0.25, 0.3) is 5.91 Å². The zero-order chi connectivity index (χ0) is 12.4. The molecule has 2 heterocycles. The first-order valence-corrected chi connectivity index (χ1v) is 7.20. The Bertz CT molecular complexity index is 496. The summed E-state index contributed by atoms with van der Waals surface area (Å²) in [4.78, 5) is 20.0. The lowest BCUT2D eigenvalue weighted by molar-refractivity contribution is 0.0967. The van der Waals surface area contributed by atoms with Gasteiger partial charge in [-0.25, -0.2) is 4.98 Å². The summed E-state index contributed by atoms with van der Waals surface area (Å²) in [6.45, 7) is 6.16. The van der Waals surface area contributed by atoms with Gasteiger partial charge in [-0.2, -0.15) is 0 Å². The Hall–Kier alpha value is -1.14. The number of carbonyl (C=O) groups excluding carboxylic acids is 1. The summed E-state index contributed by atoms with van der Waals surface area (Å²) >= 11 is 3.10. The van der Waals surface area contributed by atoms with Crippen LogP contribution in [0, 0.1) is 0 Å². The first kappa shape index (κ1) is 12.3. The fourth-order valence-corrected chi connectivity index (χ4v) is 3.87. The molecular formula is C11H15N3OS2. The summed E-state index contributed by atoms with van der Waals surface area (Å²) in [6.07, 6.45) is 0. The van der Waals surface area contributed by atoms with Crippen LogP contribution >= 0.6 is 22.7 Å². The monoisotopic (exact) mass is 269 g/mol. The van der Waals surface area contributed by atoms with Crippen LogP contribution in [0.25, 0.3) is 9.53 Å². The minimum atomic E-state index is -0.0374. The van der Waals surface area contributed by atoms with Gasteiger partial charge < -0.3 is 10.2 Å². The minimum Gasteiger partial charge on any atom is -0.354 e. The van der Waals surface area contributed by atoms with Crippen molar-refractivity contribution in [2.45, 2.75) is 13.8 Å². The summed E-state index contributed by atoms with van der Waals surface area (Å²) in [5, 5.41) is 3.67. The summed E-state index contributed by atoms with van der Waals surface area (Å²) in [5.41, 5.74) is 0. The number of fused-ring (bicyclic) bond motifs is 1. The molecule has 0 radical (unpaired) electrons. The van der Waals surface area contributed by atoms with E-state index in [2.05, 4.69) is 29.0 Å². The molecule has 0 saturated carbocycles. The minimum absolute atomic E-state index is 0.0374. The van der Waals surface area contributed by atoms with Crippen molar-refractivity contribution in [3.8, 4) is 0 Å². The standard InChI is InChI=1S/C11H15N3OS2/c1-4-14(5-2)11-13-10-8(17-11)6-7(16-10)9(15)12-3/h6H,4-5H2,1-3H3,(H,12,15). The lowest BCUT2D eigenvalue weighted by atomic mass is 10.4. The van der Waals surface area contributed by atoms with Gasteiger partial charge >= 0.3 is 0 Å². The number of aromatic nitrogens is 1. The van der Waals surface area contributed by atoms with Crippen molar-refractivity contribution >= 4 is 43.2 Å². The second-order valence-corrected chi connectivity index (χ2v) is 5.57. The van der Waals surface area contributed by atoms with Crippen LogP contribution < -0.4 is 10.2 Å². The van der Waals surface area contributed by atoms with Crippen molar-refractivity contribution in [2.24, 2.45) is 0 Å². The van der Waals surface area contributed by atoms with Crippen molar-refractivity contribution in [3.05, 3.63) is 10.9 Å². The van der Waals surface area contributed by atoms with Crippen LogP contribution in [-0.2, 0) is 0 Å². The third-order valence-corrected chi connectivity index (χ3v) is 4.78. The molecule has 0 spiro atoms. The van der Waals surface area contributed by atoms with Crippen molar-refractivity contribution in [2.75, 3.05) is 25.0 Å². The maximum atomic E-state index is 11.5. The molecule has 2 aromatic heterocycles. The smallest absolute Gasteiger partial charge is 0.261 e. The number of carbonyl (C=O) groups is 1. The van der Waals surface area contributed by atoms with Crippen molar-refractivity contribution in [3.63, 3.8) is 0 Å². The molecule has 0 aliphatic rings. The van der Waals surface area contributed by atoms with E-state index in [9.17, 15) is 4.79 Å². The van der Waals surface area contributed by atoms with Crippen LogP contribution in [0.1, 0.15) is 23.5 Å². The highest BCUT2D eigenvalue weighted by molar-refractivity contribution is 7.29. The quantitative estimate of drug-likeness (QED) is 0.928. The van der Waals surface area contributed by atoms with Gasteiger partial charge in [0, 0.05) is 20.1 Å². The first-order valence-electron chi connectivity index (χ1n) is 5.57. The van der Waals surface area contributed by atoms with E-state index >= 15 is 0 Å². The normalized spacial score (nSPS) is 10.8. The van der Waals surface area contributed by atoms with Gasteiger partial charge in [-0.15, -0.1) is 11.3 Å². The van der Waals surface area contributed by atoms with E-state index in [1.54, 1.807) is 18.4 Å². The Morgan fingerprint density at radius 2 is 2.12 bits per heavy atom. The van der Waals surface area contributed by atoms with Gasteiger partial charge in [-0.1, -0.05) is 11.3 Å². The molecule has 0 unspecified atom stereocenters. The van der Waals surface area contributed by atoms with E-state index in [1.165, 1.54) is 11.3 Å². The van der Waals surface area contributed by atoms with E-state index < -0.39 is 0 Å². The van der Waals surface area contributed by atoms with Crippen LogP contribution in [-0.4, -0.2) is 31.0 Å². The highest BCUT2D eigenvalue weighted by Gasteiger charge is 2.14. The fraction of sp³-hybridized carbons (Fsp3) is 0.455. The Morgan fingerprint density at radius 3 is 2.65 bits per heavy atom. The van der Waals surface area contributed by atoms with Crippen LogP contribution in [0.4, 0.5) is 5.13 Å². The third kappa shape index (κ3) is 2.28. The SMILES string of the molecule is CCN(CC)c1nc2sc(C(=O)NC)cc2s1. The van der Waals surface area contributed by atoms with Crippen molar-refractivity contribution < 1.29 is 4.79 Å². The summed E-state index contributed by atoms with van der Waals surface area (Å²) in [6, 6.07) is 1.92. The van der Waals surface area contributed by atoms with Crippen LogP contribution in [0.15, 0.2) is 6.07 Å². The van der Waals surface area contributed by atoms with Gasteiger partial charge in [0.1, 0.15) is 4.83 Å². The highest BCUT2D eigenvalue weighted by Crippen LogP contribution is 2.34. The van der Waals surface area contributed by atoms with Gasteiger partial charge in [0.05, 0.1) is 9.58 Å². The number of nitrogens with one attached hydrogen (secondary N) is 1. The maximum Gasteiger partial charge on any atom is 0.261 e. The Morgan fingerprint density at radius 1 is 1.41 bits per heavy atom. The van der Waals surface area contributed by atoms with E-state index in [1.807, 2.05) is 6.07 Å². The zero-order valence-corrected chi connectivity index (χ0v) is 11.7. The topological polar surface area (TPSA) is 45.2 Å². The number of amides is 1. The van der Waals surface area contributed by atoms with Crippen LogP contribution in [0.2, 0.25) is 0 Å². The number of anilines is 1. The van der Waals surface area contributed by atoms with Gasteiger partial charge in [-0.05, 0) is 19.9 Å². The molecule has 4 nitrogen and oxygen atoms in total. The lowest BCUT2D eigenvalue weighted by Gasteiger charge is -2.16. The second kappa shape index (κ2) is 5.01. The zero-order valence-electron chi connectivity index (χ0n) is 10.1. The first-order chi connectivity index (χ1) is 8.19. The van der Waals surface area contributed by atoms with Crippen LogP contribution in [0.5, 0.6) is 0 Å².